The summed E-state index contributed by atoms with van der Waals surface area (Å²) in [5.74, 6) is 0.00171. The van der Waals surface area contributed by atoms with E-state index in [1.54, 1.807) is 17.5 Å². The highest BCUT2D eigenvalue weighted by molar-refractivity contribution is 7.17. The van der Waals surface area contributed by atoms with Crippen molar-refractivity contribution in [1.82, 2.24) is 0 Å². The molecule has 0 bridgehead atoms. The molecule has 0 unspecified atom stereocenters. The van der Waals surface area contributed by atoms with Crippen LogP contribution in [0.4, 0.5) is 0 Å². The predicted octanol–water partition coefficient (Wildman–Crippen LogP) is 2.46. The maximum absolute atomic E-state index is 11.5. The fraction of sp³-hybridized carbons (Fsp3) is 0.0909. The average Bonchev–Trinajstić information content (AvgIpc) is 2.48. The minimum atomic E-state index is -0.0255. The molecule has 0 N–H and O–H groups in total. The molecule has 2 aromatic rings. The Morgan fingerprint density at radius 2 is 2.00 bits per heavy atom. The normalized spacial score (nSPS) is 10.4. The van der Waals surface area contributed by atoms with Crippen LogP contribution >= 0.6 is 11.3 Å². The molecule has 0 spiro atoms. The number of thiophene rings is 1. The smallest absolute Gasteiger partial charge is 0.196 e. The highest BCUT2D eigenvalue weighted by Gasteiger charge is 2.08. The van der Waals surface area contributed by atoms with Crippen molar-refractivity contribution in [2.24, 2.45) is 0 Å². The summed E-state index contributed by atoms with van der Waals surface area (Å²) in [7, 11) is 0. The van der Waals surface area contributed by atoms with Crippen molar-refractivity contribution in [2.45, 2.75) is 6.92 Å². The van der Waals surface area contributed by atoms with Crippen molar-refractivity contribution >= 4 is 27.2 Å². The lowest BCUT2D eigenvalue weighted by Crippen LogP contribution is -1.92. The van der Waals surface area contributed by atoms with Crippen LogP contribution in [0.25, 0.3) is 10.1 Å². The molecule has 1 aromatic heterocycles. The van der Waals surface area contributed by atoms with Gasteiger partial charge in [-0.05, 0) is 13.0 Å². The fourth-order valence-corrected chi connectivity index (χ4v) is 2.38. The molecule has 0 saturated heterocycles. The zero-order valence-electron chi connectivity index (χ0n) is 7.61. The number of hydrogen-bond acceptors (Lipinski definition) is 3. The van der Waals surface area contributed by atoms with Crippen molar-refractivity contribution in [1.29, 1.82) is 0 Å². The molecule has 1 heterocycles. The Morgan fingerprint density at radius 3 is 2.71 bits per heavy atom. The molecule has 1 aromatic carbocycles. The van der Waals surface area contributed by atoms with E-state index in [-0.39, 0.29) is 11.2 Å². The van der Waals surface area contributed by atoms with Crippen molar-refractivity contribution in [3.8, 4) is 0 Å². The van der Waals surface area contributed by atoms with E-state index in [1.165, 1.54) is 24.3 Å². The van der Waals surface area contributed by atoms with Gasteiger partial charge in [0.1, 0.15) is 0 Å². The van der Waals surface area contributed by atoms with Crippen LogP contribution in [-0.4, -0.2) is 5.78 Å². The molecule has 0 aliphatic carbocycles. The predicted molar refractivity (Wildman–Crippen MR) is 58.1 cm³/mol. The summed E-state index contributed by atoms with van der Waals surface area (Å²) in [6, 6.07) is 6.80. The third-order valence-electron chi connectivity index (χ3n) is 2.05. The molecule has 2 nitrogen and oxygen atoms in total. The SMILES string of the molecule is CC(=O)c1csc2c(=O)ccccc12. The number of hydrogen-bond donors (Lipinski definition) is 0. The van der Waals surface area contributed by atoms with Crippen molar-refractivity contribution in [3.05, 3.63) is 45.4 Å². The van der Waals surface area contributed by atoms with E-state index >= 15 is 0 Å². The number of fused-ring (bicyclic) bond motifs is 1. The number of carbonyl (C=O) groups is 1. The van der Waals surface area contributed by atoms with Gasteiger partial charge >= 0.3 is 0 Å². The Balaban J connectivity index is 2.96. The average molecular weight is 204 g/mol. The number of carbonyl (C=O) groups excluding carboxylic acids is 1. The summed E-state index contributed by atoms with van der Waals surface area (Å²) >= 11 is 1.33. The topological polar surface area (TPSA) is 34.1 Å². The van der Waals surface area contributed by atoms with Gasteiger partial charge in [0, 0.05) is 16.3 Å². The first-order valence-electron chi connectivity index (χ1n) is 4.21. The first-order chi connectivity index (χ1) is 6.70. The summed E-state index contributed by atoms with van der Waals surface area (Å²) in [5, 5.41) is 2.51. The minimum absolute atomic E-state index is 0.00171. The first-order valence-corrected chi connectivity index (χ1v) is 5.09. The Bertz CT molecular complexity index is 554. The second-order valence-corrected chi connectivity index (χ2v) is 3.91. The molecule has 0 aliphatic rings. The van der Waals surface area contributed by atoms with E-state index in [9.17, 15) is 9.59 Å². The van der Waals surface area contributed by atoms with E-state index in [2.05, 4.69) is 0 Å². The highest BCUT2D eigenvalue weighted by Crippen LogP contribution is 2.22. The third kappa shape index (κ3) is 1.36. The van der Waals surface area contributed by atoms with Crippen molar-refractivity contribution in [3.63, 3.8) is 0 Å². The molecule has 0 radical (unpaired) electrons. The van der Waals surface area contributed by atoms with Crippen LogP contribution < -0.4 is 5.43 Å². The second kappa shape index (κ2) is 3.35. The van der Waals surface area contributed by atoms with E-state index in [4.69, 9.17) is 0 Å². The molecule has 0 fully saturated rings. The van der Waals surface area contributed by atoms with Crippen molar-refractivity contribution in [2.75, 3.05) is 0 Å². The van der Waals surface area contributed by atoms with Crippen LogP contribution in [0.2, 0.25) is 0 Å². The molecule has 2 rings (SSSR count). The van der Waals surface area contributed by atoms with Gasteiger partial charge in [-0.15, -0.1) is 11.3 Å². The van der Waals surface area contributed by atoms with Crippen molar-refractivity contribution < 1.29 is 4.79 Å². The number of ketones is 1. The molecular weight excluding hydrogens is 196 g/mol. The lowest BCUT2D eigenvalue weighted by molar-refractivity contribution is 0.101. The standard InChI is InChI=1S/C11H8O2S/c1-7(12)9-6-14-11-8(9)4-2-3-5-10(11)13/h2-6H,1H3. The van der Waals surface area contributed by atoms with Crippen LogP contribution in [0.5, 0.6) is 0 Å². The molecule has 0 saturated carbocycles. The lowest BCUT2D eigenvalue weighted by Gasteiger charge is -1.87. The second-order valence-electron chi connectivity index (χ2n) is 3.03. The third-order valence-corrected chi connectivity index (χ3v) is 3.06. The number of rotatable bonds is 1. The highest BCUT2D eigenvalue weighted by atomic mass is 32.1. The van der Waals surface area contributed by atoms with Gasteiger partial charge in [-0.25, -0.2) is 0 Å². The molecule has 14 heavy (non-hydrogen) atoms. The van der Waals surface area contributed by atoms with Gasteiger partial charge in [-0.1, -0.05) is 18.2 Å². The Kier molecular flexibility index (Phi) is 2.17. The minimum Gasteiger partial charge on any atom is -0.294 e. The van der Waals surface area contributed by atoms with Crippen LogP contribution in [0.15, 0.2) is 34.4 Å². The van der Waals surface area contributed by atoms with Crippen LogP contribution in [0.1, 0.15) is 17.3 Å². The maximum Gasteiger partial charge on any atom is 0.196 e. The summed E-state index contributed by atoms with van der Waals surface area (Å²) in [6.07, 6.45) is 0. The van der Waals surface area contributed by atoms with E-state index in [0.29, 0.717) is 10.3 Å². The summed E-state index contributed by atoms with van der Waals surface area (Å²) in [4.78, 5) is 22.8. The largest absolute Gasteiger partial charge is 0.294 e. The number of Topliss-reactive ketones (excluding diaryl/α,β-unsaturated/α-hetero) is 1. The van der Waals surface area contributed by atoms with E-state index < -0.39 is 0 Å². The zero-order chi connectivity index (χ0) is 10.1. The molecular formula is C11H8O2S. The van der Waals surface area contributed by atoms with Gasteiger partial charge in [0.15, 0.2) is 11.2 Å². The van der Waals surface area contributed by atoms with Gasteiger partial charge in [0.05, 0.1) is 4.70 Å². The van der Waals surface area contributed by atoms with Gasteiger partial charge in [0.2, 0.25) is 0 Å². The quantitative estimate of drug-likeness (QED) is 0.669. The van der Waals surface area contributed by atoms with Crippen LogP contribution in [0.3, 0.4) is 0 Å². The van der Waals surface area contributed by atoms with Gasteiger partial charge in [-0.3, -0.25) is 9.59 Å². The molecule has 3 heteroatoms. The van der Waals surface area contributed by atoms with Crippen LogP contribution in [0, 0.1) is 0 Å². The molecule has 0 atom stereocenters. The van der Waals surface area contributed by atoms with E-state index in [0.717, 1.165) is 5.39 Å². The Labute approximate surface area is 84.8 Å². The summed E-state index contributed by atoms with van der Waals surface area (Å²) < 4.78 is 0.653. The monoisotopic (exact) mass is 204 g/mol. The van der Waals surface area contributed by atoms with Crippen LogP contribution in [-0.2, 0) is 0 Å². The molecule has 70 valence electrons. The van der Waals surface area contributed by atoms with Gasteiger partial charge in [0.25, 0.3) is 0 Å². The van der Waals surface area contributed by atoms with E-state index in [1.807, 2.05) is 6.07 Å². The summed E-state index contributed by atoms with van der Waals surface area (Å²) in [5.41, 5.74) is 0.612. The fourth-order valence-electron chi connectivity index (χ4n) is 1.37. The summed E-state index contributed by atoms with van der Waals surface area (Å²) in [6.45, 7) is 1.51. The first kappa shape index (κ1) is 9.09. The lowest BCUT2D eigenvalue weighted by atomic mass is 10.1. The Morgan fingerprint density at radius 1 is 1.29 bits per heavy atom. The van der Waals surface area contributed by atoms with Gasteiger partial charge in [-0.2, -0.15) is 0 Å². The van der Waals surface area contributed by atoms with Gasteiger partial charge < -0.3 is 0 Å². The molecule has 0 amide bonds. The zero-order valence-corrected chi connectivity index (χ0v) is 8.43. The molecule has 0 aliphatic heterocycles. The maximum atomic E-state index is 11.5. The Hall–Kier alpha value is -1.48.